The predicted octanol–water partition coefficient (Wildman–Crippen LogP) is 2.11. The summed E-state index contributed by atoms with van der Waals surface area (Å²) in [7, 11) is 1.40. The minimum Gasteiger partial charge on any atom is -0.386 e. The molecule has 0 bridgehead atoms. The smallest absolute Gasteiger partial charge is 0.386 e. The molecule has 0 radical (unpaired) electrons. The van der Waals surface area contributed by atoms with Crippen molar-refractivity contribution in [2.24, 2.45) is 0 Å². The zero-order chi connectivity index (χ0) is 10.8. The molecule has 0 atom stereocenters. The van der Waals surface area contributed by atoms with Crippen LogP contribution in [-0.2, 0) is 8.85 Å². The summed E-state index contributed by atoms with van der Waals surface area (Å²) >= 11 is 0. The molecule has 0 spiro atoms. The van der Waals surface area contributed by atoms with Crippen LogP contribution in [0.25, 0.3) is 0 Å². The Balaban J connectivity index is 2.89. The fourth-order valence-corrected chi connectivity index (χ4v) is 6.20. The van der Waals surface area contributed by atoms with Gasteiger partial charge in [0, 0.05) is 19.3 Å². The summed E-state index contributed by atoms with van der Waals surface area (Å²) in [5.41, 5.74) is 0. The fraction of sp³-hybridized carbons (Fsp3) is 1.00. The van der Waals surface area contributed by atoms with E-state index in [1.165, 1.54) is 12.8 Å². The summed E-state index contributed by atoms with van der Waals surface area (Å²) in [5.74, 6) is 0. The molecule has 1 aliphatic heterocycles. The molecule has 0 unspecified atom stereocenters. The van der Waals surface area contributed by atoms with E-state index in [0.29, 0.717) is 0 Å². The summed E-state index contributed by atoms with van der Waals surface area (Å²) in [5, 5.41) is 0.0981. The predicted molar refractivity (Wildman–Crippen MR) is 60.3 cm³/mol. The van der Waals surface area contributed by atoms with Crippen molar-refractivity contribution in [1.29, 1.82) is 0 Å². The lowest BCUT2D eigenvalue weighted by molar-refractivity contribution is 0.148. The quantitative estimate of drug-likeness (QED) is 0.676. The molecule has 0 aromatic heterocycles. The van der Waals surface area contributed by atoms with Gasteiger partial charge in [0.25, 0.3) is 0 Å². The van der Waals surface area contributed by atoms with Crippen LogP contribution in [0.5, 0.6) is 0 Å². The second-order valence-corrected chi connectivity index (χ2v) is 9.05. The molecular weight excluding hydrogens is 194 g/mol. The van der Waals surface area contributed by atoms with Crippen LogP contribution < -0.4 is 0 Å². The highest BCUT2D eigenvalue weighted by atomic mass is 28.4. The van der Waals surface area contributed by atoms with Crippen molar-refractivity contribution < 1.29 is 8.85 Å². The molecule has 1 fully saturated rings. The van der Waals surface area contributed by atoms with Gasteiger partial charge in [-0.15, -0.1) is 0 Å². The Morgan fingerprint density at radius 3 is 1.71 bits per heavy atom. The average Bonchev–Trinajstić information content (AvgIpc) is 2.58. The lowest BCUT2D eigenvalue weighted by Crippen LogP contribution is -2.62. The number of rotatable bonds is 3. The summed E-state index contributed by atoms with van der Waals surface area (Å²) < 4.78 is 14.0. The van der Waals surface area contributed by atoms with E-state index in [-0.39, 0.29) is 5.04 Å². The first kappa shape index (κ1) is 12.2. The molecular formula is C10H23NO2Si. The Morgan fingerprint density at radius 2 is 1.43 bits per heavy atom. The third kappa shape index (κ3) is 1.89. The fourth-order valence-electron chi connectivity index (χ4n) is 2.44. The number of hydrogen-bond donors (Lipinski definition) is 0. The highest BCUT2D eigenvalue weighted by Gasteiger charge is 2.54. The second kappa shape index (κ2) is 4.31. The van der Waals surface area contributed by atoms with E-state index in [9.17, 15) is 0 Å². The summed E-state index contributed by atoms with van der Waals surface area (Å²) in [6.45, 7) is 8.90. The maximum Gasteiger partial charge on any atom is 0.432 e. The van der Waals surface area contributed by atoms with E-state index < -0.39 is 8.72 Å². The highest BCUT2D eigenvalue weighted by Crippen LogP contribution is 2.40. The molecule has 1 rings (SSSR count). The Bertz CT molecular complexity index is 181. The highest BCUT2D eigenvalue weighted by molar-refractivity contribution is 6.67. The normalized spacial score (nSPS) is 20.4. The van der Waals surface area contributed by atoms with Crippen molar-refractivity contribution >= 4 is 8.72 Å². The van der Waals surface area contributed by atoms with Gasteiger partial charge >= 0.3 is 8.72 Å². The average molecular weight is 217 g/mol. The van der Waals surface area contributed by atoms with E-state index in [2.05, 4.69) is 25.3 Å². The van der Waals surface area contributed by atoms with Gasteiger partial charge in [-0.25, -0.2) is 0 Å². The number of nitrogens with zero attached hydrogens (tertiary/aromatic N) is 1. The molecule has 1 aliphatic rings. The van der Waals surface area contributed by atoms with E-state index in [1.807, 2.05) is 0 Å². The zero-order valence-electron chi connectivity index (χ0n) is 10.1. The third-order valence-electron chi connectivity index (χ3n) is 3.02. The molecule has 0 saturated carbocycles. The minimum absolute atomic E-state index is 0.0981. The molecule has 14 heavy (non-hydrogen) atoms. The first-order valence-corrected chi connectivity index (χ1v) is 7.09. The van der Waals surface area contributed by atoms with E-state index in [4.69, 9.17) is 8.85 Å². The Labute approximate surface area is 88.7 Å². The molecule has 84 valence electrons. The van der Waals surface area contributed by atoms with E-state index in [0.717, 1.165) is 13.1 Å². The third-order valence-corrected chi connectivity index (χ3v) is 7.31. The number of hydrogen-bond acceptors (Lipinski definition) is 3. The van der Waals surface area contributed by atoms with Gasteiger partial charge in [0.1, 0.15) is 0 Å². The molecule has 3 nitrogen and oxygen atoms in total. The molecule has 0 aromatic rings. The Hall–Kier alpha value is 0.0969. The molecule has 0 N–H and O–H groups in total. The maximum absolute atomic E-state index is 5.78. The van der Waals surface area contributed by atoms with Gasteiger partial charge in [0.2, 0.25) is 0 Å². The van der Waals surface area contributed by atoms with Gasteiger partial charge in [-0.3, -0.25) is 4.57 Å². The SMILES string of the molecule is CO[Si](OC)(N1CCCC1)C(C)(C)C. The first-order valence-electron chi connectivity index (χ1n) is 5.33. The molecule has 1 heterocycles. The second-order valence-electron chi connectivity index (χ2n) is 4.93. The van der Waals surface area contributed by atoms with Gasteiger partial charge in [0.05, 0.1) is 0 Å². The van der Waals surface area contributed by atoms with Crippen LogP contribution in [0.3, 0.4) is 0 Å². The Morgan fingerprint density at radius 1 is 1.00 bits per heavy atom. The summed E-state index contributed by atoms with van der Waals surface area (Å²) in [6, 6.07) is 0. The van der Waals surface area contributed by atoms with Crippen molar-refractivity contribution in [3.05, 3.63) is 0 Å². The van der Waals surface area contributed by atoms with Crippen LogP contribution in [0.15, 0.2) is 0 Å². The van der Waals surface area contributed by atoms with Crippen molar-refractivity contribution in [2.45, 2.75) is 38.7 Å². The van der Waals surface area contributed by atoms with Crippen LogP contribution in [0.2, 0.25) is 5.04 Å². The molecule has 0 aromatic carbocycles. The first-order chi connectivity index (χ1) is 6.48. The van der Waals surface area contributed by atoms with Crippen LogP contribution in [0.1, 0.15) is 33.6 Å². The van der Waals surface area contributed by atoms with Crippen molar-refractivity contribution in [1.82, 2.24) is 4.57 Å². The summed E-state index contributed by atoms with van der Waals surface area (Å²) in [4.78, 5) is 0. The zero-order valence-corrected chi connectivity index (χ0v) is 11.1. The lowest BCUT2D eigenvalue weighted by atomic mass is 10.3. The van der Waals surface area contributed by atoms with Crippen LogP contribution in [-0.4, -0.2) is 40.6 Å². The van der Waals surface area contributed by atoms with E-state index in [1.54, 1.807) is 14.2 Å². The van der Waals surface area contributed by atoms with Crippen LogP contribution >= 0.6 is 0 Å². The van der Waals surface area contributed by atoms with Gasteiger partial charge < -0.3 is 8.85 Å². The molecule has 1 saturated heterocycles. The maximum atomic E-state index is 5.78. The van der Waals surface area contributed by atoms with Gasteiger partial charge in [0.15, 0.2) is 0 Å². The van der Waals surface area contributed by atoms with Crippen molar-refractivity contribution in [3.63, 3.8) is 0 Å². The van der Waals surface area contributed by atoms with Gasteiger partial charge in [-0.2, -0.15) is 0 Å². The van der Waals surface area contributed by atoms with Crippen molar-refractivity contribution in [3.8, 4) is 0 Å². The monoisotopic (exact) mass is 217 g/mol. The van der Waals surface area contributed by atoms with Crippen molar-refractivity contribution in [2.75, 3.05) is 27.3 Å². The topological polar surface area (TPSA) is 21.7 Å². The lowest BCUT2D eigenvalue weighted by Gasteiger charge is -2.44. The standard InChI is InChI=1S/C10H23NO2Si/c1-10(2,3)14(12-4,13-5)11-8-6-7-9-11/h6-9H2,1-5H3. The van der Waals surface area contributed by atoms with Crippen LogP contribution in [0, 0.1) is 0 Å². The minimum atomic E-state index is -2.18. The van der Waals surface area contributed by atoms with E-state index >= 15 is 0 Å². The molecule has 0 aliphatic carbocycles. The largest absolute Gasteiger partial charge is 0.432 e. The Kier molecular flexibility index (Phi) is 3.74. The van der Waals surface area contributed by atoms with Gasteiger partial charge in [-0.1, -0.05) is 20.8 Å². The van der Waals surface area contributed by atoms with Gasteiger partial charge in [-0.05, 0) is 25.9 Å². The molecule has 4 heteroatoms. The van der Waals surface area contributed by atoms with Crippen LogP contribution in [0.4, 0.5) is 0 Å². The molecule has 0 amide bonds. The summed E-state index contributed by atoms with van der Waals surface area (Å²) in [6.07, 6.45) is 2.55.